The summed E-state index contributed by atoms with van der Waals surface area (Å²) in [4.78, 5) is 62.9. The summed E-state index contributed by atoms with van der Waals surface area (Å²) < 4.78 is 27.4. The van der Waals surface area contributed by atoms with Crippen molar-refractivity contribution in [3.8, 4) is 0 Å². The maximum absolute atomic E-state index is 13.1. The molecule has 0 unspecified atom stereocenters. The first-order valence-corrected chi connectivity index (χ1v) is 23.3. The summed E-state index contributed by atoms with van der Waals surface area (Å²) in [6.07, 6.45) is 29.7. The Balaban J connectivity index is 1.40. The number of hydrogen-bond acceptors (Lipinski definition) is 11. The van der Waals surface area contributed by atoms with Gasteiger partial charge in [0, 0.05) is 32.1 Å². The van der Waals surface area contributed by atoms with E-state index in [0.29, 0.717) is 51.7 Å². The number of ether oxygens (including phenoxy) is 5. The summed E-state index contributed by atoms with van der Waals surface area (Å²) in [5, 5.41) is 10.6. The first-order chi connectivity index (χ1) is 28.6. The van der Waals surface area contributed by atoms with Gasteiger partial charge in [0.25, 0.3) is 0 Å². The second-order valence-corrected chi connectivity index (χ2v) is 17.9. The third kappa shape index (κ3) is 21.2. The van der Waals surface area contributed by atoms with Gasteiger partial charge in [-0.3, -0.25) is 24.0 Å². The van der Waals surface area contributed by atoms with E-state index in [9.17, 15) is 29.1 Å². The minimum atomic E-state index is -1.34. The van der Waals surface area contributed by atoms with Crippen molar-refractivity contribution in [2.45, 2.75) is 181 Å². The summed E-state index contributed by atoms with van der Waals surface area (Å²) in [6.45, 7) is 3.56. The number of esters is 5. The lowest BCUT2D eigenvalue weighted by molar-refractivity contribution is -0.166. The van der Waals surface area contributed by atoms with Gasteiger partial charge in [0.15, 0.2) is 0 Å². The van der Waals surface area contributed by atoms with E-state index in [4.69, 9.17) is 23.7 Å². The lowest BCUT2D eigenvalue weighted by atomic mass is 9.48. The van der Waals surface area contributed by atoms with E-state index in [1.165, 1.54) is 77.0 Å². The summed E-state index contributed by atoms with van der Waals surface area (Å²) in [5.74, 6) is 0.294. The van der Waals surface area contributed by atoms with E-state index >= 15 is 0 Å². The molecule has 0 aromatic carbocycles. The predicted molar refractivity (Wildman–Crippen MR) is 227 cm³/mol. The molecule has 11 nitrogen and oxygen atoms in total. The topological polar surface area (TPSA) is 152 Å². The van der Waals surface area contributed by atoms with Gasteiger partial charge in [-0.05, 0) is 132 Å². The monoisotopic (exact) mass is 831 g/mol. The van der Waals surface area contributed by atoms with Crippen molar-refractivity contribution in [3.63, 3.8) is 0 Å². The highest BCUT2D eigenvalue weighted by molar-refractivity contribution is 5.71. The van der Waals surface area contributed by atoms with Crippen molar-refractivity contribution < 1.29 is 52.8 Å². The lowest BCUT2D eigenvalue weighted by Crippen LogP contribution is -2.46. The lowest BCUT2D eigenvalue weighted by Gasteiger charge is -2.57. The zero-order chi connectivity index (χ0) is 42.6. The summed E-state index contributed by atoms with van der Waals surface area (Å²) in [5.41, 5.74) is -1.12. The summed E-state index contributed by atoms with van der Waals surface area (Å²) in [7, 11) is 0. The van der Waals surface area contributed by atoms with Crippen LogP contribution in [-0.2, 0) is 47.7 Å². The van der Waals surface area contributed by atoms with Crippen molar-refractivity contribution in [1.82, 2.24) is 0 Å². The molecule has 59 heavy (non-hydrogen) atoms. The van der Waals surface area contributed by atoms with Crippen LogP contribution in [0, 0.1) is 28.6 Å². The van der Waals surface area contributed by atoms with Crippen LogP contribution in [0.15, 0.2) is 24.3 Å². The molecule has 0 spiro atoms. The van der Waals surface area contributed by atoms with E-state index in [0.717, 1.165) is 37.0 Å². The average molecular weight is 831 g/mol. The van der Waals surface area contributed by atoms with Crippen LogP contribution < -0.4 is 0 Å². The van der Waals surface area contributed by atoms with Crippen LogP contribution in [0.25, 0.3) is 0 Å². The predicted octanol–water partition coefficient (Wildman–Crippen LogP) is 9.85. The Labute approximate surface area is 355 Å². The van der Waals surface area contributed by atoms with Gasteiger partial charge in [0.2, 0.25) is 0 Å². The number of allylic oxidation sites excluding steroid dienone is 2. The molecule has 0 aromatic heterocycles. The third-order valence-electron chi connectivity index (χ3n) is 12.4. The highest BCUT2D eigenvalue weighted by Crippen LogP contribution is 2.61. The number of hydrogen-bond donors (Lipinski definition) is 1. The number of aliphatic hydroxyl groups excluding tert-OH is 1. The molecular formula is C48H78O11. The van der Waals surface area contributed by atoms with Crippen molar-refractivity contribution in [2.24, 2.45) is 28.6 Å². The summed E-state index contributed by atoms with van der Waals surface area (Å²) >= 11 is 0. The quantitative estimate of drug-likeness (QED) is 0.0286. The van der Waals surface area contributed by atoms with Crippen LogP contribution >= 0.6 is 0 Å². The zero-order valence-electron chi connectivity index (χ0n) is 36.7. The van der Waals surface area contributed by atoms with E-state index in [-0.39, 0.29) is 75.2 Å². The Morgan fingerprint density at radius 2 is 0.864 bits per heavy atom. The van der Waals surface area contributed by atoms with Gasteiger partial charge in [-0.1, -0.05) is 63.8 Å². The van der Waals surface area contributed by atoms with Crippen molar-refractivity contribution in [2.75, 3.05) is 39.6 Å². The fraction of sp³-hybridized carbons (Fsp3) is 0.812. The van der Waals surface area contributed by atoms with E-state index < -0.39 is 24.0 Å². The maximum atomic E-state index is 13.1. The van der Waals surface area contributed by atoms with Crippen LogP contribution in [0.2, 0.25) is 0 Å². The highest BCUT2D eigenvalue weighted by atomic mass is 16.6. The van der Waals surface area contributed by atoms with Crippen LogP contribution in [-0.4, -0.2) is 74.6 Å². The number of unbranched alkanes of at least 4 members (excludes halogenated alkanes) is 8. The molecule has 4 aliphatic carbocycles. The van der Waals surface area contributed by atoms with Gasteiger partial charge >= 0.3 is 29.8 Å². The van der Waals surface area contributed by atoms with Crippen LogP contribution in [0.5, 0.6) is 0 Å². The van der Waals surface area contributed by atoms with Crippen LogP contribution in [0.4, 0.5) is 0 Å². The third-order valence-corrected chi connectivity index (χ3v) is 12.4. The number of aliphatic hydroxyl groups is 1. The average Bonchev–Trinajstić information content (AvgIpc) is 3.21. The molecule has 0 amide bonds. The molecule has 4 rings (SSSR count). The van der Waals surface area contributed by atoms with Gasteiger partial charge < -0.3 is 28.8 Å². The molecule has 0 atom stereocenters. The van der Waals surface area contributed by atoms with Crippen LogP contribution in [0.3, 0.4) is 0 Å². The number of rotatable bonds is 34. The fourth-order valence-corrected chi connectivity index (χ4v) is 9.34. The Morgan fingerprint density at radius 1 is 0.508 bits per heavy atom. The second-order valence-electron chi connectivity index (χ2n) is 17.9. The normalized spacial score (nSPS) is 20.9. The molecule has 0 aliphatic heterocycles. The molecule has 336 valence electrons. The van der Waals surface area contributed by atoms with E-state index in [1.54, 1.807) is 0 Å². The number of carbonyl (C=O) groups is 5. The largest absolute Gasteiger partial charge is 0.465 e. The van der Waals surface area contributed by atoms with Gasteiger partial charge in [0.05, 0.1) is 25.2 Å². The molecule has 4 bridgehead atoms. The van der Waals surface area contributed by atoms with Crippen molar-refractivity contribution in [1.29, 1.82) is 0 Å². The minimum absolute atomic E-state index is 0.0537. The van der Waals surface area contributed by atoms with E-state index in [2.05, 4.69) is 26.0 Å². The standard InChI is InChI=1S/C48H78O11/c1-3-5-7-9-11-13-19-27-55-42(50)21-15-17-23-44(52)57-36-48(35-49,38-59-46(54)25-26-47-32-39-29-40(33-47)31-41(30-39)34-47)37-58-45(53)24-18-16-22-43(51)56-28-20-14-12-10-8-6-4-2/h11-14,39-41,49H,3-10,15-38H2,1-2H3/b13-11-,14-12-. The molecule has 4 aliphatic rings. The second kappa shape index (κ2) is 29.1. The highest BCUT2D eigenvalue weighted by Gasteiger charge is 2.50. The van der Waals surface area contributed by atoms with Gasteiger partial charge in [-0.25, -0.2) is 0 Å². The van der Waals surface area contributed by atoms with E-state index in [1.807, 2.05) is 12.2 Å². The number of carbonyl (C=O) groups excluding carboxylic acids is 5. The molecule has 0 radical (unpaired) electrons. The van der Waals surface area contributed by atoms with Gasteiger partial charge in [0.1, 0.15) is 19.8 Å². The molecule has 1 N–H and O–H groups in total. The van der Waals surface area contributed by atoms with Gasteiger partial charge in [-0.15, -0.1) is 0 Å². The summed E-state index contributed by atoms with van der Waals surface area (Å²) in [6, 6.07) is 0. The molecule has 0 saturated heterocycles. The Hall–Kier alpha value is -3.21. The van der Waals surface area contributed by atoms with Crippen molar-refractivity contribution in [3.05, 3.63) is 24.3 Å². The van der Waals surface area contributed by atoms with Gasteiger partial charge in [-0.2, -0.15) is 0 Å². The van der Waals surface area contributed by atoms with Crippen molar-refractivity contribution >= 4 is 29.8 Å². The molecule has 0 aromatic rings. The molecule has 0 heterocycles. The Kier molecular flexibility index (Phi) is 24.7. The van der Waals surface area contributed by atoms with Crippen LogP contribution in [0.1, 0.15) is 181 Å². The molecule has 4 fully saturated rings. The molecular weight excluding hydrogens is 753 g/mol. The molecule has 4 saturated carbocycles. The molecule has 11 heteroatoms. The fourth-order valence-electron chi connectivity index (χ4n) is 9.34. The Morgan fingerprint density at radius 3 is 1.24 bits per heavy atom. The first-order valence-electron chi connectivity index (χ1n) is 23.3. The zero-order valence-corrected chi connectivity index (χ0v) is 36.7. The minimum Gasteiger partial charge on any atom is -0.465 e. The first kappa shape index (κ1) is 50.1. The SMILES string of the molecule is CCCCC/C=C\CCOC(=O)CCCCC(=O)OCC(CO)(COC(=O)CCCCC(=O)OCC/C=C\CCCCC)COC(=O)CCC12CC3CC(CC(C3)C1)C2. The smallest absolute Gasteiger partial charge is 0.305 e. The Bertz CT molecular complexity index is 1210. The maximum Gasteiger partial charge on any atom is 0.305 e.